The fraction of sp³-hybridized carbons (Fsp3) is 0.714. The number of aliphatic hydroxyl groups excluding tert-OH is 4. The summed E-state index contributed by atoms with van der Waals surface area (Å²) in [5, 5.41) is 45.1. The Labute approximate surface area is 79.2 Å². The molecule has 0 aliphatic heterocycles. The summed E-state index contributed by atoms with van der Waals surface area (Å²) in [4.78, 5) is 20.4. The number of carboxylic acid groups (broad SMARTS) is 1. The zero-order valence-corrected chi connectivity index (χ0v) is 7.16. The molecule has 0 rings (SSSR count). The maximum atomic E-state index is 10.5. The van der Waals surface area contributed by atoms with E-state index in [0.29, 0.717) is 0 Å². The maximum Gasteiger partial charge on any atom is 0.180 e. The van der Waals surface area contributed by atoms with Gasteiger partial charge in [0.2, 0.25) is 0 Å². The van der Waals surface area contributed by atoms with Crippen LogP contribution in [0.4, 0.5) is 0 Å². The van der Waals surface area contributed by atoms with E-state index in [1.807, 2.05) is 0 Å². The Hall–Kier alpha value is -1.02. The van der Waals surface area contributed by atoms with Crippen LogP contribution in [0.3, 0.4) is 0 Å². The first-order chi connectivity index (χ1) is 6.40. The molecule has 14 heavy (non-hydrogen) atoms. The topological polar surface area (TPSA) is 138 Å². The molecule has 0 aliphatic carbocycles. The number of carbonyl (C=O) groups excluding carboxylic acids is 2. The molecule has 82 valence electrons. The molecule has 0 spiro atoms. The van der Waals surface area contributed by atoms with Crippen LogP contribution in [0.25, 0.3) is 0 Å². The van der Waals surface area contributed by atoms with Crippen molar-refractivity contribution in [3.05, 3.63) is 0 Å². The lowest BCUT2D eigenvalue weighted by atomic mass is 10.0. The fourth-order valence-corrected chi connectivity index (χ4v) is 0.758. The first-order valence-corrected chi connectivity index (χ1v) is 3.79. The van der Waals surface area contributed by atoms with Crippen LogP contribution in [0.5, 0.6) is 0 Å². The molecule has 3 atom stereocenters. The van der Waals surface area contributed by atoms with Crippen LogP contribution in [0, 0.1) is 0 Å². The van der Waals surface area contributed by atoms with Gasteiger partial charge in [-0.05, 0) is 0 Å². The molecule has 0 radical (unpaired) electrons. The zero-order valence-electron chi connectivity index (χ0n) is 7.16. The molecule has 4 N–H and O–H groups in total. The van der Waals surface area contributed by atoms with Crippen LogP contribution in [0.2, 0.25) is 0 Å². The Kier molecular flexibility index (Phi) is 5.24. The van der Waals surface area contributed by atoms with Crippen molar-refractivity contribution in [1.29, 1.82) is 0 Å². The third-order valence-electron chi connectivity index (χ3n) is 1.60. The van der Waals surface area contributed by atoms with Crippen LogP contribution in [0.15, 0.2) is 0 Å². The van der Waals surface area contributed by atoms with Gasteiger partial charge >= 0.3 is 0 Å². The number of hydrogen-bond acceptors (Lipinski definition) is 7. The molecule has 0 saturated carbocycles. The second-order valence-electron chi connectivity index (χ2n) is 2.72. The molecule has 0 aromatic rings. The highest BCUT2D eigenvalue weighted by atomic mass is 16.4. The maximum absolute atomic E-state index is 10.5. The Morgan fingerprint density at radius 2 is 1.64 bits per heavy atom. The largest absolute Gasteiger partial charge is 0.542 e. The highest BCUT2D eigenvalue weighted by Crippen LogP contribution is 2.04. The van der Waals surface area contributed by atoms with Crippen molar-refractivity contribution in [3.63, 3.8) is 0 Å². The first-order valence-electron chi connectivity index (χ1n) is 3.79. The third kappa shape index (κ3) is 3.79. The predicted octanol–water partition coefficient (Wildman–Crippen LogP) is -4.23. The summed E-state index contributed by atoms with van der Waals surface area (Å²) in [6.45, 7) is -0.808. The lowest BCUT2D eigenvalue weighted by Crippen LogP contribution is -2.43. The van der Waals surface area contributed by atoms with Crippen molar-refractivity contribution in [2.75, 3.05) is 6.61 Å². The molecule has 7 heteroatoms. The molecule has 0 unspecified atom stereocenters. The highest BCUT2D eigenvalue weighted by molar-refractivity contribution is 6.31. The molecule has 0 fully saturated rings. The van der Waals surface area contributed by atoms with Gasteiger partial charge in [0.15, 0.2) is 5.78 Å². The first kappa shape index (κ1) is 13.0. The average molecular weight is 207 g/mol. The van der Waals surface area contributed by atoms with Gasteiger partial charge in [0, 0.05) is 6.42 Å². The van der Waals surface area contributed by atoms with Crippen molar-refractivity contribution in [1.82, 2.24) is 0 Å². The molecule has 0 aromatic carbocycles. The number of hydrogen-bond donors (Lipinski definition) is 4. The molecule has 0 amide bonds. The Morgan fingerprint density at radius 3 is 2.00 bits per heavy atom. The van der Waals surface area contributed by atoms with Gasteiger partial charge in [-0.15, -0.1) is 0 Å². The molecule has 7 nitrogen and oxygen atoms in total. The lowest BCUT2D eigenvalue weighted by molar-refractivity contribution is -0.300. The van der Waals surface area contributed by atoms with Crippen molar-refractivity contribution < 1.29 is 35.1 Å². The molecule has 0 aromatic heterocycles. The Bertz CT molecular complexity index is 214. The number of ketones is 1. The van der Waals surface area contributed by atoms with Crippen LogP contribution in [0.1, 0.15) is 6.42 Å². The van der Waals surface area contributed by atoms with E-state index in [4.69, 9.17) is 20.4 Å². The van der Waals surface area contributed by atoms with Gasteiger partial charge in [-0.3, -0.25) is 4.79 Å². The van der Waals surface area contributed by atoms with Crippen LogP contribution < -0.4 is 5.11 Å². The fourth-order valence-electron chi connectivity index (χ4n) is 0.758. The van der Waals surface area contributed by atoms with Gasteiger partial charge in [0.25, 0.3) is 0 Å². The highest BCUT2D eigenvalue weighted by Gasteiger charge is 2.26. The van der Waals surface area contributed by atoms with Crippen LogP contribution in [-0.2, 0) is 9.59 Å². The standard InChI is InChI=1S/C7H12O7/c8-2-5(11)6(12)3(9)1-4(10)7(13)14/h3,5-6,8-9,11-12H,1-2H2,(H,13,14)/p-1/t3-,5+,6-/m0/s1. The number of rotatable bonds is 6. The van der Waals surface area contributed by atoms with Crippen molar-refractivity contribution >= 4 is 11.8 Å². The van der Waals surface area contributed by atoms with E-state index in [0.717, 1.165) is 0 Å². The molecule has 0 heterocycles. The lowest BCUT2D eigenvalue weighted by Gasteiger charge is -2.20. The van der Waals surface area contributed by atoms with E-state index in [1.165, 1.54) is 0 Å². The number of aliphatic carboxylic acids is 1. The molecule has 0 aliphatic rings. The smallest absolute Gasteiger partial charge is 0.180 e. The second-order valence-corrected chi connectivity index (χ2v) is 2.72. The predicted molar refractivity (Wildman–Crippen MR) is 39.7 cm³/mol. The minimum Gasteiger partial charge on any atom is -0.542 e. The summed E-state index contributed by atoms with van der Waals surface area (Å²) in [5.41, 5.74) is 0. The molecule has 0 saturated heterocycles. The minimum atomic E-state index is -1.98. The summed E-state index contributed by atoms with van der Waals surface area (Å²) < 4.78 is 0. The van der Waals surface area contributed by atoms with Crippen molar-refractivity contribution in [2.45, 2.75) is 24.7 Å². The van der Waals surface area contributed by atoms with E-state index >= 15 is 0 Å². The summed E-state index contributed by atoms with van der Waals surface area (Å²) >= 11 is 0. The third-order valence-corrected chi connectivity index (χ3v) is 1.60. The normalized spacial score (nSPS) is 17.1. The van der Waals surface area contributed by atoms with Gasteiger partial charge in [0.1, 0.15) is 18.2 Å². The van der Waals surface area contributed by atoms with E-state index in [1.54, 1.807) is 0 Å². The van der Waals surface area contributed by atoms with E-state index in [9.17, 15) is 14.7 Å². The second kappa shape index (κ2) is 5.66. The van der Waals surface area contributed by atoms with Gasteiger partial charge in [0.05, 0.1) is 12.7 Å². The number of aliphatic hydroxyl groups is 4. The zero-order chi connectivity index (χ0) is 11.3. The van der Waals surface area contributed by atoms with Gasteiger partial charge in [-0.2, -0.15) is 0 Å². The van der Waals surface area contributed by atoms with Crippen molar-refractivity contribution in [2.24, 2.45) is 0 Å². The SMILES string of the molecule is O=C([O-])C(=O)C[C@H](O)[C@H](O)[C@H](O)CO. The number of carboxylic acids is 1. The summed E-state index contributed by atoms with van der Waals surface area (Å²) in [6.07, 6.45) is -6.02. The molecular weight excluding hydrogens is 196 g/mol. The number of Topliss-reactive ketones (excluding diaryl/α,β-unsaturated/α-hetero) is 1. The molecule has 0 bridgehead atoms. The van der Waals surface area contributed by atoms with Crippen LogP contribution >= 0.6 is 0 Å². The van der Waals surface area contributed by atoms with Crippen LogP contribution in [-0.4, -0.2) is 57.1 Å². The average Bonchev–Trinajstić information content (AvgIpc) is 2.14. The molecular formula is C7H11O7-. The monoisotopic (exact) mass is 207 g/mol. The van der Waals surface area contributed by atoms with Crippen molar-refractivity contribution in [3.8, 4) is 0 Å². The summed E-state index contributed by atoms with van der Waals surface area (Å²) in [5.74, 6) is -3.36. The van der Waals surface area contributed by atoms with E-state index in [2.05, 4.69) is 0 Å². The van der Waals surface area contributed by atoms with E-state index < -0.39 is 43.1 Å². The van der Waals surface area contributed by atoms with Gasteiger partial charge in [-0.25, -0.2) is 0 Å². The number of carbonyl (C=O) groups is 2. The Balaban J connectivity index is 4.13. The van der Waals surface area contributed by atoms with Gasteiger partial charge < -0.3 is 30.3 Å². The quantitative estimate of drug-likeness (QED) is 0.324. The minimum absolute atomic E-state index is 0.808. The Morgan fingerprint density at radius 1 is 1.14 bits per heavy atom. The van der Waals surface area contributed by atoms with E-state index in [-0.39, 0.29) is 0 Å². The van der Waals surface area contributed by atoms with Gasteiger partial charge in [-0.1, -0.05) is 0 Å². The summed E-state index contributed by atoms with van der Waals surface area (Å²) in [6, 6.07) is 0. The summed E-state index contributed by atoms with van der Waals surface area (Å²) in [7, 11) is 0.